The van der Waals surface area contributed by atoms with E-state index < -0.39 is 66.3 Å². The molecule has 0 aliphatic carbocycles. The molecule has 1 aliphatic heterocycles. The highest BCUT2D eigenvalue weighted by molar-refractivity contribution is 5.96. The zero-order chi connectivity index (χ0) is 23.2. The van der Waals surface area contributed by atoms with Gasteiger partial charge in [-0.2, -0.15) is 0 Å². The van der Waals surface area contributed by atoms with Crippen LogP contribution in [-0.4, -0.2) is 81.5 Å². The van der Waals surface area contributed by atoms with Gasteiger partial charge in [0.25, 0.3) is 0 Å². The van der Waals surface area contributed by atoms with Crippen molar-refractivity contribution in [3.8, 4) is 0 Å². The van der Waals surface area contributed by atoms with Crippen molar-refractivity contribution in [1.82, 2.24) is 15.5 Å². The van der Waals surface area contributed by atoms with E-state index >= 15 is 0 Å². The van der Waals surface area contributed by atoms with E-state index in [2.05, 4.69) is 10.6 Å². The topological polar surface area (TPSA) is 205 Å². The van der Waals surface area contributed by atoms with Crippen LogP contribution in [-0.2, 0) is 24.0 Å². The smallest absolute Gasteiger partial charge is 0.326 e. The fourth-order valence-corrected chi connectivity index (χ4v) is 3.09. The first-order valence-electron chi connectivity index (χ1n) is 9.72. The lowest BCUT2D eigenvalue weighted by Gasteiger charge is -2.30. The summed E-state index contributed by atoms with van der Waals surface area (Å²) in [5.41, 5.74) is 10.9. The summed E-state index contributed by atoms with van der Waals surface area (Å²) in [6.45, 7) is 4.82. The molecule has 0 saturated carbocycles. The SMILES string of the molecule is CC(C)C(N)C(=O)NC(CC(N)=O)C(=O)NC(C(=O)N1CCCC1C(=O)O)C(C)O. The third-order valence-corrected chi connectivity index (χ3v) is 4.93. The van der Waals surface area contributed by atoms with Gasteiger partial charge in [0.15, 0.2) is 0 Å². The van der Waals surface area contributed by atoms with Crippen LogP contribution in [0.5, 0.6) is 0 Å². The molecular formula is C18H31N5O7. The second-order valence-electron chi connectivity index (χ2n) is 7.76. The molecular weight excluding hydrogens is 398 g/mol. The number of aliphatic hydroxyl groups is 1. The number of aliphatic hydroxyl groups excluding tert-OH is 1. The monoisotopic (exact) mass is 429 g/mol. The Balaban J connectivity index is 2.98. The lowest BCUT2D eigenvalue weighted by molar-refractivity contribution is -0.151. The number of nitrogens with two attached hydrogens (primary N) is 2. The average molecular weight is 429 g/mol. The summed E-state index contributed by atoms with van der Waals surface area (Å²) in [4.78, 5) is 61.5. The largest absolute Gasteiger partial charge is 0.480 e. The number of nitrogens with one attached hydrogen (secondary N) is 2. The maximum Gasteiger partial charge on any atom is 0.326 e. The maximum absolute atomic E-state index is 12.8. The van der Waals surface area contributed by atoms with Crippen LogP contribution in [0.2, 0.25) is 0 Å². The number of carbonyl (C=O) groups excluding carboxylic acids is 4. The Morgan fingerprint density at radius 1 is 1.10 bits per heavy atom. The molecule has 1 fully saturated rings. The minimum atomic E-state index is -1.47. The van der Waals surface area contributed by atoms with Gasteiger partial charge in [-0.15, -0.1) is 0 Å². The molecule has 0 bridgehead atoms. The molecule has 1 rings (SSSR count). The molecule has 30 heavy (non-hydrogen) atoms. The van der Waals surface area contributed by atoms with E-state index in [1.165, 1.54) is 6.92 Å². The van der Waals surface area contributed by atoms with Crippen LogP contribution in [0.15, 0.2) is 0 Å². The molecule has 0 radical (unpaired) electrons. The van der Waals surface area contributed by atoms with E-state index in [1.54, 1.807) is 13.8 Å². The van der Waals surface area contributed by atoms with E-state index in [0.717, 1.165) is 4.90 Å². The Bertz CT molecular complexity index is 682. The average Bonchev–Trinajstić information content (AvgIpc) is 3.13. The second kappa shape index (κ2) is 10.9. The van der Waals surface area contributed by atoms with Gasteiger partial charge in [-0.25, -0.2) is 4.79 Å². The van der Waals surface area contributed by atoms with Crippen molar-refractivity contribution in [3.05, 3.63) is 0 Å². The number of carboxylic acid groups (broad SMARTS) is 1. The van der Waals surface area contributed by atoms with Gasteiger partial charge in [-0.05, 0) is 25.7 Å². The first-order valence-corrected chi connectivity index (χ1v) is 9.72. The summed E-state index contributed by atoms with van der Waals surface area (Å²) in [5, 5.41) is 23.9. The van der Waals surface area contributed by atoms with Crippen LogP contribution in [0.25, 0.3) is 0 Å². The number of hydrogen-bond acceptors (Lipinski definition) is 7. The van der Waals surface area contributed by atoms with E-state index in [0.29, 0.717) is 6.42 Å². The lowest BCUT2D eigenvalue weighted by atomic mass is 10.0. The van der Waals surface area contributed by atoms with Crippen LogP contribution in [0.4, 0.5) is 0 Å². The van der Waals surface area contributed by atoms with Crippen LogP contribution in [0.1, 0.15) is 40.0 Å². The third-order valence-electron chi connectivity index (χ3n) is 4.93. The van der Waals surface area contributed by atoms with Gasteiger partial charge < -0.3 is 37.2 Å². The number of aliphatic carboxylic acids is 1. The van der Waals surface area contributed by atoms with E-state index in [1.807, 2.05) is 0 Å². The Labute approximate surface area is 174 Å². The zero-order valence-corrected chi connectivity index (χ0v) is 17.3. The highest BCUT2D eigenvalue weighted by Gasteiger charge is 2.40. The predicted molar refractivity (Wildman–Crippen MR) is 105 cm³/mol. The summed E-state index contributed by atoms with van der Waals surface area (Å²) >= 11 is 0. The lowest BCUT2D eigenvalue weighted by Crippen LogP contribution is -2.60. The summed E-state index contributed by atoms with van der Waals surface area (Å²) < 4.78 is 0. The van der Waals surface area contributed by atoms with Crippen molar-refractivity contribution < 1.29 is 34.2 Å². The number of amides is 4. The number of hydrogen-bond donors (Lipinski definition) is 6. The molecule has 0 aromatic carbocycles. The van der Waals surface area contributed by atoms with E-state index in [4.69, 9.17) is 11.5 Å². The van der Waals surface area contributed by atoms with Gasteiger partial charge in [-0.1, -0.05) is 13.8 Å². The molecule has 12 nitrogen and oxygen atoms in total. The zero-order valence-electron chi connectivity index (χ0n) is 17.3. The van der Waals surface area contributed by atoms with Crippen molar-refractivity contribution in [2.75, 3.05) is 6.54 Å². The summed E-state index contributed by atoms with van der Waals surface area (Å²) in [7, 11) is 0. The highest BCUT2D eigenvalue weighted by atomic mass is 16.4. The number of nitrogens with zero attached hydrogens (tertiary/aromatic N) is 1. The first kappa shape index (κ1) is 25.3. The number of carboxylic acids is 1. The fraction of sp³-hybridized carbons (Fsp3) is 0.722. The van der Waals surface area contributed by atoms with Crippen LogP contribution < -0.4 is 22.1 Å². The molecule has 1 saturated heterocycles. The van der Waals surface area contributed by atoms with E-state index in [9.17, 15) is 34.2 Å². The molecule has 0 spiro atoms. The standard InChI is InChI=1S/C18H31N5O7/c1-8(2)13(20)16(27)21-10(7-12(19)25)15(26)22-14(9(3)24)17(28)23-6-4-5-11(23)18(29)30/h8-11,13-14,24H,4-7,20H2,1-3H3,(H2,19,25)(H,21,27)(H,22,26)(H,29,30). The van der Waals surface area contributed by atoms with Crippen molar-refractivity contribution >= 4 is 29.6 Å². The number of primary amides is 1. The van der Waals surface area contributed by atoms with Gasteiger partial charge in [0.2, 0.25) is 23.6 Å². The molecule has 5 atom stereocenters. The Morgan fingerprint density at radius 3 is 2.17 bits per heavy atom. The number of rotatable bonds is 10. The quantitative estimate of drug-likeness (QED) is 0.214. The minimum Gasteiger partial charge on any atom is -0.480 e. The third kappa shape index (κ3) is 6.66. The van der Waals surface area contributed by atoms with Crippen molar-refractivity contribution in [1.29, 1.82) is 0 Å². The molecule has 12 heteroatoms. The van der Waals surface area contributed by atoms with Crippen LogP contribution in [0, 0.1) is 5.92 Å². The van der Waals surface area contributed by atoms with Gasteiger partial charge in [0.1, 0.15) is 18.1 Å². The maximum atomic E-state index is 12.8. The molecule has 5 unspecified atom stereocenters. The van der Waals surface area contributed by atoms with Gasteiger partial charge in [-0.3, -0.25) is 19.2 Å². The van der Waals surface area contributed by atoms with Gasteiger partial charge in [0.05, 0.1) is 18.6 Å². The first-order chi connectivity index (χ1) is 13.9. The minimum absolute atomic E-state index is 0.166. The number of carbonyl (C=O) groups is 5. The van der Waals surface area contributed by atoms with Crippen LogP contribution >= 0.6 is 0 Å². The van der Waals surface area contributed by atoms with E-state index in [-0.39, 0.29) is 18.9 Å². The van der Waals surface area contributed by atoms with Gasteiger partial charge in [0, 0.05) is 6.54 Å². The van der Waals surface area contributed by atoms with Crippen LogP contribution in [0.3, 0.4) is 0 Å². The summed E-state index contributed by atoms with van der Waals surface area (Å²) in [6.07, 6.45) is -1.18. The molecule has 1 heterocycles. The molecule has 8 N–H and O–H groups in total. The Kier molecular flexibility index (Phi) is 9.18. The molecule has 4 amide bonds. The molecule has 0 aromatic heterocycles. The normalized spacial score (nSPS) is 20.2. The fourth-order valence-electron chi connectivity index (χ4n) is 3.09. The highest BCUT2D eigenvalue weighted by Crippen LogP contribution is 2.19. The Hall–Kier alpha value is -2.73. The predicted octanol–water partition coefficient (Wildman–Crippen LogP) is -2.73. The van der Waals surface area contributed by atoms with Crippen molar-refractivity contribution in [3.63, 3.8) is 0 Å². The number of likely N-dealkylation sites (tertiary alicyclic amines) is 1. The summed E-state index contributed by atoms with van der Waals surface area (Å²) in [6, 6.07) is -4.88. The molecule has 170 valence electrons. The molecule has 1 aliphatic rings. The van der Waals surface area contributed by atoms with Gasteiger partial charge >= 0.3 is 5.97 Å². The summed E-state index contributed by atoms with van der Waals surface area (Å²) in [5.74, 6) is -4.68. The molecule has 0 aromatic rings. The second-order valence-corrected chi connectivity index (χ2v) is 7.76. The Morgan fingerprint density at radius 2 is 1.70 bits per heavy atom. The van der Waals surface area contributed by atoms with Crippen molar-refractivity contribution in [2.24, 2.45) is 17.4 Å². The van der Waals surface area contributed by atoms with Crippen molar-refractivity contribution in [2.45, 2.75) is 70.3 Å².